The Labute approximate surface area is 93.3 Å². The number of pyridine rings is 1. The fourth-order valence-corrected chi connectivity index (χ4v) is 1.21. The number of anilines is 1. The van der Waals surface area contributed by atoms with Crippen LogP contribution < -0.4 is 11.1 Å². The number of rotatable bonds is 5. The van der Waals surface area contributed by atoms with Crippen LogP contribution in [0.25, 0.3) is 6.08 Å². The highest BCUT2D eigenvalue weighted by Crippen LogP contribution is 2.22. The van der Waals surface area contributed by atoms with E-state index in [0.717, 1.165) is 6.42 Å². The van der Waals surface area contributed by atoms with Crippen LogP contribution in [-0.4, -0.2) is 23.5 Å². The molecule has 0 spiro atoms. The van der Waals surface area contributed by atoms with Gasteiger partial charge in [0.25, 0.3) is 0 Å². The van der Waals surface area contributed by atoms with Gasteiger partial charge >= 0.3 is 5.69 Å². The van der Waals surface area contributed by atoms with E-state index in [1.165, 1.54) is 6.07 Å². The van der Waals surface area contributed by atoms with Crippen molar-refractivity contribution in [2.45, 2.75) is 6.42 Å². The third kappa shape index (κ3) is 3.03. The first-order valence-corrected chi connectivity index (χ1v) is 4.88. The van der Waals surface area contributed by atoms with Gasteiger partial charge in [0.15, 0.2) is 0 Å². The molecule has 0 bridgehead atoms. The summed E-state index contributed by atoms with van der Waals surface area (Å²) in [7, 11) is 1.60. The van der Waals surface area contributed by atoms with Gasteiger partial charge in [-0.3, -0.25) is 10.1 Å². The maximum Gasteiger partial charge on any atom is 0.311 e. The molecule has 6 heteroatoms. The smallest absolute Gasteiger partial charge is 0.311 e. The van der Waals surface area contributed by atoms with Crippen LogP contribution in [0.1, 0.15) is 12.0 Å². The first-order valence-electron chi connectivity index (χ1n) is 4.88. The lowest BCUT2D eigenvalue weighted by molar-refractivity contribution is -0.384. The first-order chi connectivity index (χ1) is 7.69. The van der Waals surface area contributed by atoms with Crippen molar-refractivity contribution in [2.24, 2.45) is 5.73 Å². The quantitative estimate of drug-likeness (QED) is 0.580. The maximum absolute atomic E-state index is 10.7. The average Bonchev–Trinajstić information content (AvgIpc) is 2.29. The minimum absolute atomic E-state index is 0.0302. The Kier molecular flexibility index (Phi) is 4.41. The summed E-state index contributed by atoms with van der Waals surface area (Å²) in [5.41, 5.74) is 5.99. The van der Waals surface area contributed by atoms with Gasteiger partial charge in [-0.2, -0.15) is 0 Å². The van der Waals surface area contributed by atoms with Gasteiger partial charge in [0.1, 0.15) is 0 Å². The summed E-state index contributed by atoms with van der Waals surface area (Å²) in [6.07, 6.45) is 5.94. The molecule has 0 aromatic carbocycles. The summed E-state index contributed by atoms with van der Waals surface area (Å²) in [5, 5.41) is 13.4. The monoisotopic (exact) mass is 222 g/mol. The third-order valence-electron chi connectivity index (χ3n) is 1.97. The number of hydrogen-bond donors (Lipinski definition) is 2. The molecule has 3 N–H and O–H groups in total. The molecule has 0 aliphatic heterocycles. The summed E-state index contributed by atoms with van der Waals surface area (Å²) < 4.78 is 0. The summed E-state index contributed by atoms with van der Waals surface area (Å²) in [4.78, 5) is 14.2. The molecule has 0 aliphatic rings. The summed E-state index contributed by atoms with van der Waals surface area (Å²) in [5.74, 6) is 0.265. The maximum atomic E-state index is 10.7. The van der Waals surface area contributed by atoms with Gasteiger partial charge < -0.3 is 11.1 Å². The Morgan fingerprint density at radius 2 is 2.44 bits per heavy atom. The molecule has 0 aliphatic carbocycles. The number of hydrogen-bond acceptors (Lipinski definition) is 5. The van der Waals surface area contributed by atoms with Crippen LogP contribution in [0.3, 0.4) is 0 Å². The Bertz CT molecular complexity index is 404. The fourth-order valence-electron chi connectivity index (χ4n) is 1.21. The SMILES string of the molecule is CNc1ncc(C=CCCN)cc1[N+](=O)[O-]. The third-order valence-corrected chi connectivity index (χ3v) is 1.97. The van der Waals surface area contributed by atoms with Crippen molar-refractivity contribution in [1.82, 2.24) is 4.98 Å². The lowest BCUT2D eigenvalue weighted by atomic mass is 10.2. The number of aromatic nitrogens is 1. The molecule has 0 unspecified atom stereocenters. The highest BCUT2D eigenvalue weighted by molar-refractivity contribution is 5.61. The van der Waals surface area contributed by atoms with Crippen LogP contribution in [0.4, 0.5) is 11.5 Å². The molecule has 1 heterocycles. The molecule has 0 amide bonds. The van der Waals surface area contributed by atoms with Crippen molar-refractivity contribution in [2.75, 3.05) is 18.9 Å². The Morgan fingerprint density at radius 1 is 1.69 bits per heavy atom. The van der Waals surface area contributed by atoms with Gasteiger partial charge in [-0.15, -0.1) is 0 Å². The Hall–Kier alpha value is -1.95. The van der Waals surface area contributed by atoms with Gasteiger partial charge in [-0.1, -0.05) is 12.2 Å². The zero-order valence-corrected chi connectivity index (χ0v) is 9.01. The van der Waals surface area contributed by atoms with Crippen molar-refractivity contribution < 1.29 is 4.92 Å². The molecule has 0 saturated heterocycles. The van der Waals surface area contributed by atoms with Crippen LogP contribution in [0.2, 0.25) is 0 Å². The normalized spacial score (nSPS) is 10.6. The van der Waals surface area contributed by atoms with Crippen LogP contribution in [0.5, 0.6) is 0 Å². The van der Waals surface area contributed by atoms with Crippen LogP contribution in [0, 0.1) is 10.1 Å². The minimum Gasteiger partial charge on any atom is -0.367 e. The van der Waals surface area contributed by atoms with E-state index >= 15 is 0 Å². The lowest BCUT2D eigenvalue weighted by Gasteiger charge is -2.01. The van der Waals surface area contributed by atoms with Crippen LogP contribution in [-0.2, 0) is 0 Å². The Morgan fingerprint density at radius 3 is 3.00 bits per heavy atom. The second-order valence-corrected chi connectivity index (χ2v) is 3.12. The van der Waals surface area contributed by atoms with Gasteiger partial charge in [-0.05, 0) is 18.5 Å². The van der Waals surface area contributed by atoms with Crippen LogP contribution in [0.15, 0.2) is 18.3 Å². The van der Waals surface area contributed by atoms with Crippen molar-refractivity contribution in [1.29, 1.82) is 0 Å². The summed E-state index contributed by atoms with van der Waals surface area (Å²) in [6.45, 7) is 0.556. The van der Waals surface area contributed by atoms with Gasteiger partial charge in [0, 0.05) is 19.3 Å². The molecule has 86 valence electrons. The second-order valence-electron chi connectivity index (χ2n) is 3.12. The largest absolute Gasteiger partial charge is 0.367 e. The van der Waals surface area contributed by atoms with Crippen LogP contribution >= 0.6 is 0 Å². The standard InChI is InChI=1S/C10H14N4O2/c1-12-10-9(14(15)16)6-8(7-13-10)4-2-3-5-11/h2,4,6-7H,3,5,11H2,1H3,(H,12,13). The number of nitrogens with one attached hydrogen (secondary N) is 1. The molecule has 16 heavy (non-hydrogen) atoms. The molecule has 0 radical (unpaired) electrons. The second kappa shape index (κ2) is 5.82. The number of nitrogens with two attached hydrogens (primary N) is 1. The van der Waals surface area contributed by atoms with Gasteiger partial charge in [-0.25, -0.2) is 4.98 Å². The van der Waals surface area contributed by atoms with E-state index in [9.17, 15) is 10.1 Å². The topological polar surface area (TPSA) is 94.1 Å². The van der Waals surface area contributed by atoms with E-state index < -0.39 is 4.92 Å². The van der Waals surface area contributed by atoms with E-state index in [0.29, 0.717) is 12.1 Å². The zero-order chi connectivity index (χ0) is 12.0. The van der Waals surface area contributed by atoms with Crippen molar-refractivity contribution in [3.8, 4) is 0 Å². The van der Waals surface area contributed by atoms with E-state index in [1.54, 1.807) is 19.3 Å². The first kappa shape index (κ1) is 12.1. The average molecular weight is 222 g/mol. The summed E-state index contributed by atoms with van der Waals surface area (Å²) in [6, 6.07) is 1.48. The number of nitro groups is 1. The Balaban J connectivity index is 2.98. The molecule has 1 aromatic heterocycles. The highest BCUT2D eigenvalue weighted by Gasteiger charge is 2.13. The molecular weight excluding hydrogens is 208 g/mol. The van der Waals surface area contributed by atoms with Gasteiger partial charge in [0.05, 0.1) is 4.92 Å². The van der Waals surface area contributed by atoms with E-state index in [1.807, 2.05) is 6.08 Å². The molecule has 0 fully saturated rings. The summed E-state index contributed by atoms with van der Waals surface area (Å²) >= 11 is 0. The molecule has 0 atom stereocenters. The van der Waals surface area contributed by atoms with E-state index in [2.05, 4.69) is 10.3 Å². The van der Waals surface area contributed by atoms with Gasteiger partial charge in [0.2, 0.25) is 5.82 Å². The predicted octanol–water partition coefficient (Wildman–Crippen LogP) is 1.39. The zero-order valence-electron chi connectivity index (χ0n) is 9.01. The minimum atomic E-state index is -0.459. The van der Waals surface area contributed by atoms with E-state index in [4.69, 9.17) is 5.73 Å². The molecular formula is C10H14N4O2. The fraction of sp³-hybridized carbons (Fsp3) is 0.300. The molecule has 6 nitrogen and oxygen atoms in total. The van der Waals surface area contributed by atoms with Crippen molar-refractivity contribution in [3.05, 3.63) is 34.0 Å². The number of nitrogens with zero attached hydrogens (tertiary/aromatic N) is 2. The van der Waals surface area contributed by atoms with Crippen molar-refractivity contribution >= 4 is 17.6 Å². The highest BCUT2D eigenvalue weighted by atomic mass is 16.6. The predicted molar refractivity (Wildman–Crippen MR) is 63.1 cm³/mol. The van der Waals surface area contributed by atoms with Crippen molar-refractivity contribution in [3.63, 3.8) is 0 Å². The van der Waals surface area contributed by atoms with E-state index in [-0.39, 0.29) is 11.5 Å². The molecule has 1 rings (SSSR count). The molecule has 0 saturated carbocycles. The lowest BCUT2D eigenvalue weighted by Crippen LogP contribution is -1.99. The molecule has 1 aromatic rings.